The van der Waals surface area contributed by atoms with Gasteiger partial charge in [0, 0.05) is 5.56 Å². The van der Waals surface area contributed by atoms with E-state index in [1.165, 1.54) is 41.6 Å². The van der Waals surface area contributed by atoms with E-state index in [1.807, 2.05) is 34.9 Å². The number of Topliss-reactive ketones (excluding diaryl/α,β-unsaturated/α-hetero) is 1. The second kappa shape index (κ2) is 11.1. The van der Waals surface area contributed by atoms with Crippen molar-refractivity contribution in [2.24, 2.45) is 0 Å². The zero-order chi connectivity index (χ0) is 23.9. The van der Waals surface area contributed by atoms with Crippen LogP contribution < -0.4 is 4.74 Å². The molecule has 1 aromatic heterocycles. The summed E-state index contributed by atoms with van der Waals surface area (Å²) in [6, 6.07) is 23.6. The first-order valence-electron chi connectivity index (χ1n) is 11.2. The average Bonchev–Trinajstić information content (AvgIpc) is 3.29. The molecule has 5 nitrogen and oxygen atoms in total. The van der Waals surface area contributed by atoms with Crippen molar-refractivity contribution in [3.8, 4) is 5.75 Å². The van der Waals surface area contributed by atoms with E-state index in [0.717, 1.165) is 17.7 Å². The number of halogens is 1. The van der Waals surface area contributed by atoms with Gasteiger partial charge in [0.15, 0.2) is 16.8 Å². The Balaban J connectivity index is 1.54. The molecule has 0 spiro atoms. The summed E-state index contributed by atoms with van der Waals surface area (Å²) in [6.07, 6.45) is 0.973. The van der Waals surface area contributed by atoms with Crippen molar-refractivity contribution in [3.63, 3.8) is 0 Å². The van der Waals surface area contributed by atoms with Gasteiger partial charge in [-0.1, -0.05) is 61.2 Å². The minimum atomic E-state index is -0.366. The maximum absolute atomic E-state index is 13.2. The number of nitrogens with zero attached hydrogens (tertiary/aromatic N) is 3. The molecule has 0 aliphatic rings. The van der Waals surface area contributed by atoms with Crippen LogP contribution in [0, 0.1) is 5.82 Å². The molecule has 34 heavy (non-hydrogen) atoms. The van der Waals surface area contributed by atoms with E-state index < -0.39 is 0 Å². The molecule has 1 atom stereocenters. The molecule has 0 N–H and O–H groups in total. The number of thioether (sulfide) groups is 1. The Bertz CT molecular complexity index is 1230. The summed E-state index contributed by atoms with van der Waals surface area (Å²) in [6.45, 7) is 4.44. The summed E-state index contributed by atoms with van der Waals surface area (Å²) in [7, 11) is 0. The van der Waals surface area contributed by atoms with Gasteiger partial charge in [0.1, 0.15) is 18.2 Å². The summed E-state index contributed by atoms with van der Waals surface area (Å²) in [5.74, 6) is 1.15. The quantitative estimate of drug-likeness (QED) is 0.204. The summed E-state index contributed by atoms with van der Waals surface area (Å²) in [5.41, 5.74) is 2.82. The van der Waals surface area contributed by atoms with Crippen molar-refractivity contribution >= 4 is 17.5 Å². The van der Waals surface area contributed by atoms with Crippen LogP contribution in [0.1, 0.15) is 47.2 Å². The fourth-order valence-corrected chi connectivity index (χ4v) is 4.52. The molecule has 1 heterocycles. The summed E-state index contributed by atoms with van der Waals surface area (Å²) < 4.78 is 21.2. The first kappa shape index (κ1) is 23.7. The van der Waals surface area contributed by atoms with Crippen LogP contribution in [0.4, 0.5) is 4.39 Å². The Hall–Kier alpha value is -3.45. The van der Waals surface area contributed by atoms with Crippen LogP contribution in [0.5, 0.6) is 5.75 Å². The predicted octanol–water partition coefficient (Wildman–Crippen LogP) is 6.14. The fraction of sp³-hybridized carbons (Fsp3) is 0.222. The van der Waals surface area contributed by atoms with Crippen LogP contribution in [-0.4, -0.2) is 26.3 Å². The van der Waals surface area contributed by atoms with Gasteiger partial charge >= 0.3 is 0 Å². The highest BCUT2D eigenvalue weighted by Crippen LogP contribution is 2.27. The van der Waals surface area contributed by atoms with Crippen molar-refractivity contribution in [1.29, 1.82) is 0 Å². The zero-order valence-corrected chi connectivity index (χ0v) is 20.0. The average molecular weight is 476 g/mol. The molecular weight excluding hydrogens is 449 g/mol. The fourth-order valence-electron chi connectivity index (χ4n) is 3.59. The minimum Gasteiger partial charge on any atom is -0.486 e. The van der Waals surface area contributed by atoms with Crippen LogP contribution in [0.25, 0.3) is 0 Å². The highest BCUT2D eigenvalue weighted by molar-refractivity contribution is 7.99. The number of aromatic nitrogens is 3. The normalized spacial score (nSPS) is 11.9. The third-order valence-corrected chi connectivity index (χ3v) is 6.55. The molecule has 1 unspecified atom stereocenters. The molecule has 3 aromatic carbocycles. The number of aryl methyl sites for hydroxylation is 1. The van der Waals surface area contributed by atoms with E-state index in [4.69, 9.17) is 4.74 Å². The number of ether oxygens (including phenoxy) is 1. The summed E-state index contributed by atoms with van der Waals surface area (Å²) in [4.78, 5) is 12.6. The number of benzene rings is 3. The first-order chi connectivity index (χ1) is 16.5. The maximum atomic E-state index is 13.2. The lowest BCUT2D eigenvalue weighted by molar-refractivity contribution is 0.102. The van der Waals surface area contributed by atoms with E-state index in [-0.39, 0.29) is 30.0 Å². The SMILES string of the molecule is CCc1ccc(OCc2nnc(SCC(=O)c3ccc(F)cc3)n2C(C)c2ccccc2)cc1. The van der Waals surface area contributed by atoms with Crippen molar-refractivity contribution in [2.45, 2.75) is 38.1 Å². The molecule has 0 fully saturated rings. The highest BCUT2D eigenvalue weighted by atomic mass is 32.2. The Morgan fingerprint density at radius 1 is 1.00 bits per heavy atom. The molecule has 0 radical (unpaired) electrons. The Morgan fingerprint density at radius 2 is 1.71 bits per heavy atom. The molecule has 0 saturated heterocycles. The van der Waals surface area contributed by atoms with Gasteiger partial charge in [0.05, 0.1) is 11.8 Å². The lowest BCUT2D eigenvalue weighted by Crippen LogP contribution is -2.14. The van der Waals surface area contributed by atoms with Gasteiger partial charge in [0.25, 0.3) is 0 Å². The van der Waals surface area contributed by atoms with Crippen molar-refractivity contribution in [2.75, 3.05) is 5.75 Å². The molecule has 0 bridgehead atoms. The lowest BCUT2D eigenvalue weighted by atomic mass is 10.1. The first-order valence-corrected chi connectivity index (χ1v) is 12.2. The molecule has 4 rings (SSSR count). The molecule has 0 aliphatic heterocycles. The monoisotopic (exact) mass is 475 g/mol. The molecule has 7 heteroatoms. The zero-order valence-electron chi connectivity index (χ0n) is 19.1. The van der Waals surface area contributed by atoms with Crippen molar-refractivity contribution < 1.29 is 13.9 Å². The predicted molar refractivity (Wildman–Crippen MR) is 132 cm³/mol. The van der Waals surface area contributed by atoms with Crippen LogP contribution in [0.15, 0.2) is 84.0 Å². The van der Waals surface area contributed by atoms with E-state index >= 15 is 0 Å². The minimum absolute atomic E-state index is 0.0549. The van der Waals surface area contributed by atoms with E-state index in [1.54, 1.807) is 0 Å². The van der Waals surface area contributed by atoms with Gasteiger partial charge in [-0.05, 0) is 60.9 Å². The van der Waals surface area contributed by atoms with E-state index in [2.05, 4.69) is 48.3 Å². The third kappa shape index (κ3) is 5.72. The molecule has 4 aromatic rings. The van der Waals surface area contributed by atoms with Gasteiger partial charge in [-0.15, -0.1) is 10.2 Å². The molecule has 0 aliphatic carbocycles. The highest BCUT2D eigenvalue weighted by Gasteiger charge is 2.21. The Kier molecular flexibility index (Phi) is 7.75. The maximum Gasteiger partial charge on any atom is 0.192 e. The standard InChI is InChI=1S/C27H26FN3O2S/c1-3-20-9-15-24(16-10-20)33-17-26-29-30-27(31(26)19(2)21-7-5-4-6-8-21)34-18-25(32)22-11-13-23(28)14-12-22/h4-16,19H,3,17-18H2,1-2H3. The van der Waals surface area contributed by atoms with Crippen molar-refractivity contribution in [1.82, 2.24) is 14.8 Å². The largest absolute Gasteiger partial charge is 0.486 e. The molecular formula is C27H26FN3O2S. The van der Waals surface area contributed by atoms with Crippen LogP contribution in [-0.2, 0) is 13.0 Å². The number of carbonyl (C=O) groups is 1. The van der Waals surface area contributed by atoms with E-state index in [0.29, 0.717) is 16.5 Å². The van der Waals surface area contributed by atoms with Gasteiger partial charge < -0.3 is 4.74 Å². The van der Waals surface area contributed by atoms with E-state index in [9.17, 15) is 9.18 Å². The number of hydrogen-bond acceptors (Lipinski definition) is 5. The second-order valence-corrected chi connectivity index (χ2v) is 8.80. The number of carbonyl (C=O) groups excluding carboxylic acids is 1. The molecule has 174 valence electrons. The van der Waals surface area contributed by atoms with Gasteiger partial charge in [-0.25, -0.2) is 4.39 Å². The summed E-state index contributed by atoms with van der Waals surface area (Å²) in [5, 5.41) is 9.38. The smallest absolute Gasteiger partial charge is 0.192 e. The van der Waals surface area contributed by atoms with Crippen LogP contribution in [0.2, 0.25) is 0 Å². The topological polar surface area (TPSA) is 57.0 Å². The Labute approximate surface area is 203 Å². The molecule has 0 saturated carbocycles. The Morgan fingerprint density at radius 3 is 2.38 bits per heavy atom. The van der Waals surface area contributed by atoms with Crippen LogP contribution in [0.3, 0.4) is 0 Å². The van der Waals surface area contributed by atoms with Gasteiger partial charge in [0.2, 0.25) is 0 Å². The second-order valence-electron chi connectivity index (χ2n) is 7.86. The van der Waals surface area contributed by atoms with Gasteiger partial charge in [-0.3, -0.25) is 9.36 Å². The number of hydrogen-bond donors (Lipinski definition) is 0. The lowest BCUT2D eigenvalue weighted by Gasteiger charge is -2.18. The summed E-state index contributed by atoms with van der Waals surface area (Å²) >= 11 is 1.32. The van der Waals surface area contributed by atoms with Crippen molar-refractivity contribution in [3.05, 3.63) is 107 Å². The number of ketones is 1. The number of rotatable bonds is 10. The van der Waals surface area contributed by atoms with Crippen LogP contribution >= 0.6 is 11.8 Å². The van der Waals surface area contributed by atoms with Gasteiger partial charge in [-0.2, -0.15) is 0 Å². The third-order valence-electron chi connectivity index (χ3n) is 5.60. The molecule has 0 amide bonds.